The monoisotopic (exact) mass is 355 g/mol. The number of aromatic nitrogens is 1. The first-order chi connectivity index (χ1) is 11.1. The molecular formula is C16H25N3O2S2. The average molecular weight is 356 g/mol. The van der Waals surface area contributed by atoms with Gasteiger partial charge in [0.2, 0.25) is 10.0 Å². The number of anilines is 1. The minimum absolute atomic E-state index is 0.262. The molecule has 1 saturated heterocycles. The van der Waals surface area contributed by atoms with Gasteiger partial charge in [-0.25, -0.2) is 18.1 Å². The molecule has 3 rings (SSSR count). The smallest absolute Gasteiger partial charge is 0.242 e. The molecule has 1 aromatic rings. The lowest BCUT2D eigenvalue weighted by atomic mass is 10.2. The van der Waals surface area contributed by atoms with Gasteiger partial charge in [-0.1, -0.05) is 6.42 Å². The minimum atomic E-state index is -3.42. The molecule has 0 amide bonds. The van der Waals surface area contributed by atoms with Crippen molar-refractivity contribution in [3.63, 3.8) is 0 Å². The largest absolute Gasteiger partial charge is 0.356 e. The Bertz CT molecular complexity index is 615. The molecule has 1 atom stereocenters. The third kappa shape index (κ3) is 4.61. The standard InChI is InChI=1S/C16H25N3O2S2/c1-22-14-4-2-3-9-19(12-14)16-8-7-15(11-17-16)23(20,21)18-10-13-5-6-13/h7-8,11,13-14,18H,2-6,9-10,12H2,1H3. The first-order valence-electron chi connectivity index (χ1n) is 8.32. The van der Waals surface area contributed by atoms with E-state index in [2.05, 4.69) is 20.9 Å². The highest BCUT2D eigenvalue weighted by Crippen LogP contribution is 2.28. The Labute approximate surface area is 143 Å². The third-order valence-electron chi connectivity index (χ3n) is 4.58. The van der Waals surface area contributed by atoms with Gasteiger partial charge in [-0.15, -0.1) is 0 Å². The zero-order valence-electron chi connectivity index (χ0n) is 13.6. The van der Waals surface area contributed by atoms with E-state index in [1.54, 1.807) is 6.07 Å². The lowest BCUT2D eigenvalue weighted by Crippen LogP contribution is -2.30. The summed E-state index contributed by atoms with van der Waals surface area (Å²) in [6, 6.07) is 3.52. The Morgan fingerprint density at radius 3 is 2.78 bits per heavy atom. The summed E-state index contributed by atoms with van der Waals surface area (Å²) in [6.07, 6.45) is 9.57. The van der Waals surface area contributed by atoms with Gasteiger partial charge in [0.05, 0.1) is 0 Å². The Balaban J connectivity index is 1.67. The fraction of sp³-hybridized carbons (Fsp3) is 0.688. The van der Waals surface area contributed by atoms with Crippen LogP contribution in [-0.4, -0.2) is 44.5 Å². The number of sulfonamides is 1. The van der Waals surface area contributed by atoms with E-state index in [0.717, 1.165) is 31.7 Å². The van der Waals surface area contributed by atoms with Gasteiger partial charge < -0.3 is 4.90 Å². The van der Waals surface area contributed by atoms with E-state index in [1.165, 1.54) is 25.5 Å². The van der Waals surface area contributed by atoms with Crippen molar-refractivity contribution in [1.82, 2.24) is 9.71 Å². The van der Waals surface area contributed by atoms with Gasteiger partial charge in [-0.3, -0.25) is 0 Å². The molecule has 0 radical (unpaired) electrons. The van der Waals surface area contributed by atoms with Gasteiger partial charge in [0.25, 0.3) is 0 Å². The molecule has 0 bridgehead atoms. The van der Waals surface area contributed by atoms with Crippen LogP contribution in [0.2, 0.25) is 0 Å². The van der Waals surface area contributed by atoms with Crippen molar-refractivity contribution in [2.24, 2.45) is 5.92 Å². The molecule has 1 N–H and O–H groups in total. The molecule has 23 heavy (non-hydrogen) atoms. The van der Waals surface area contributed by atoms with Crippen LogP contribution in [-0.2, 0) is 10.0 Å². The van der Waals surface area contributed by atoms with Crippen LogP contribution in [0.5, 0.6) is 0 Å². The Morgan fingerprint density at radius 1 is 1.30 bits per heavy atom. The predicted molar refractivity (Wildman–Crippen MR) is 95.5 cm³/mol. The number of nitrogens with zero attached hydrogens (tertiary/aromatic N) is 2. The van der Waals surface area contributed by atoms with E-state index in [1.807, 2.05) is 17.8 Å². The van der Waals surface area contributed by atoms with Gasteiger partial charge in [0.15, 0.2) is 0 Å². The maximum Gasteiger partial charge on any atom is 0.242 e. The van der Waals surface area contributed by atoms with Crippen LogP contribution in [0, 0.1) is 5.92 Å². The van der Waals surface area contributed by atoms with Crippen LogP contribution in [0.15, 0.2) is 23.2 Å². The summed E-state index contributed by atoms with van der Waals surface area (Å²) in [5, 5.41) is 0.628. The van der Waals surface area contributed by atoms with Gasteiger partial charge in [-0.05, 0) is 50.0 Å². The van der Waals surface area contributed by atoms with Gasteiger partial charge in [0, 0.05) is 31.1 Å². The van der Waals surface area contributed by atoms with E-state index in [4.69, 9.17) is 0 Å². The van der Waals surface area contributed by atoms with Crippen molar-refractivity contribution in [2.75, 3.05) is 30.8 Å². The number of nitrogens with one attached hydrogen (secondary N) is 1. The minimum Gasteiger partial charge on any atom is -0.356 e. The van der Waals surface area contributed by atoms with Crippen molar-refractivity contribution in [3.8, 4) is 0 Å². The van der Waals surface area contributed by atoms with Crippen molar-refractivity contribution >= 4 is 27.6 Å². The van der Waals surface area contributed by atoms with Crippen LogP contribution < -0.4 is 9.62 Å². The van der Waals surface area contributed by atoms with E-state index in [0.29, 0.717) is 17.7 Å². The first-order valence-corrected chi connectivity index (χ1v) is 11.1. The highest BCUT2D eigenvalue weighted by molar-refractivity contribution is 7.99. The number of hydrogen-bond acceptors (Lipinski definition) is 5. The number of thioether (sulfide) groups is 1. The lowest BCUT2D eigenvalue weighted by molar-refractivity contribution is 0.577. The molecule has 5 nitrogen and oxygen atoms in total. The number of hydrogen-bond donors (Lipinski definition) is 1. The summed E-state index contributed by atoms with van der Waals surface area (Å²) in [5.41, 5.74) is 0. The second-order valence-corrected chi connectivity index (χ2v) is 9.35. The number of pyridine rings is 1. The summed E-state index contributed by atoms with van der Waals surface area (Å²) in [5.74, 6) is 1.41. The molecule has 1 aliphatic heterocycles. The second kappa shape index (κ2) is 7.40. The Morgan fingerprint density at radius 2 is 2.13 bits per heavy atom. The first kappa shape index (κ1) is 17.0. The molecule has 2 heterocycles. The van der Waals surface area contributed by atoms with E-state index in [9.17, 15) is 8.42 Å². The van der Waals surface area contributed by atoms with Gasteiger partial charge >= 0.3 is 0 Å². The van der Waals surface area contributed by atoms with Crippen molar-refractivity contribution in [3.05, 3.63) is 18.3 Å². The molecule has 2 fully saturated rings. The van der Waals surface area contributed by atoms with Crippen LogP contribution >= 0.6 is 11.8 Å². The molecule has 128 valence electrons. The predicted octanol–water partition coefficient (Wildman–Crippen LogP) is 2.49. The fourth-order valence-electron chi connectivity index (χ4n) is 2.85. The van der Waals surface area contributed by atoms with Crippen LogP contribution in [0.3, 0.4) is 0 Å². The van der Waals surface area contributed by atoms with E-state index in [-0.39, 0.29) is 4.90 Å². The molecular weight excluding hydrogens is 330 g/mol. The normalized spacial score (nSPS) is 22.8. The summed E-state index contributed by atoms with van der Waals surface area (Å²) >= 11 is 1.90. The number of rotatable bonds is 6. The summed E-state index contributed by atoms with van der Waals surface area (Å²) in [7, 11) is -3.42. The fourth-order valence-corrected chi connectivity index (χ4v) is 4.65. The molecule has 1 aromatic heterocycles. The van der Waals surface area contributed by atoms with Crippen molar-refractivity contribution < 1.29 is 8.42 Å². The summed E-state index contributed by atoms with van der Waals surface area (Å²) in [6.45, 7) is 2.53. The Hall–Kier alpha value is -0.790. The quantitative estimate of drug-likeness (QED) is 0.849. The van der Waals surface area contributed by atoms with Crippen molar-refractivity contribution in [2.45, 2.75) is 42.2 Å². The molecule has 1 aliphatic carbocycles. The topological polar surface area (TPSA) is 62.3 Å². The zero-order valence-corrected chi connectivity index (χ0v) is 15.2. The molecule has 1 saturated carbocycles. The molecule has 2 aliphatic rings. The molecule has 7 heteroatoms. The second-order valence-electron chi connectivity index (χ2n) is 6.45. The van der Waals surface area contributed by atoms with Crippen LogP contribution in [0.4, 0.5) is 5.82 Å². The third-order valence-corrected chi connectivity index (χ3v) is 7.04. The van der Waals surface area contributed by atoms with Crippen LogP contribution in [0.25, 0.3) is 0 Å². The SMILES string of the molecule is CSC1CCCCN(c2ccc(S(=O)(=O)NCC3CC3)cn2)C1. The van der Waals surface area contributed by atoms with E-state index >= 15 is 0 Å². The summed E-state index contributed by atoms with van der Waals surface area (Å²) in [4.78, 5) is 6.96. The highest BCUT2D eigenvalue weighted by Gasteiger charge is 2.25. The average Bonchev–Trinajstić information content (AvgIpc) is 3.39. The molecule has 0 aromatic carbocycles. The molecule has 1 unspecified atom stereocenters. The lowest BCUT2D eigenvalue weighted by Gasteiger charge is -2.24. The highest BCUT2D eigenvalue weighted by atomic mass is 32.2. The summed E-state index contributed by atoms with van der Waals surface area (Å²) < 4.78 is 27.2. The van der Waals surface area contributed by atoms with Crippen LogP contribution in [0.1, 0.15) is 32.1 Å². The van der Waals surface area contributed by atoms with E-state index < -0.39 is 10.0 Å². The van der Waals surface area contributed by atoms with Gasteiger partial charge in [0.1, 0.15) is 10.7 Å². The van der Waals surface area contributed by atoms with Gasteiger partial charge in [-0.2, -0.15) is 11.8 Å². The molecule has 0 spiro atoms. The maximum absolute atomic E-state index is 12.2. The zero-order chi connectivity index (χ0) is 16.3. The Kier molecular flexibility index (Phi) is 5.49. The van der Waals surface area contributed by atoms with Crippen molar-refractivity contribution in [1.29, 1.82) is 0 Å². The maximum atomic E-state index is 12.2.